The number of nitrogens with zero attached hydrogens (tertiary/aromatic N) is 1. The molecule has 0 atom stereocenters. The Balaban J connectivity index is 1.89. The molecule has 0 fully saturated rings. The number of carbonyl (C=O) groups is 1. The van der Waals surface area contributed by atoms with E-state index in [1.165, 1.54) is 0 Å². The number of benzene rings is 2. The van der Waals surface area contributed by atoms with Gasteiger partial charge in [-0.2, -0.15) is 5.10 Å². The van der Waals surface area contributed by atoms with Crippen LogP contribution in [-0.2, 0) is 4.79 Å². The molecule has 0 aliphatic carbocycles. The van der Waals surface area contributed by atoms with Gasteiger partial charge in [-0.15, -0.1) is 0 Å². The van der Waals surface area contributed by atoms with Crippen LogP contribution >= 0.6 is 0 Å². The van der Waals surface area contributed by atoms with Gasteiger partial charge in [-0.05, 0) is 29.7 Å². The third-order valence-corrected chi connectivity index (χ3v) is 3.43. The summed E-state index contributed by atoms with van der Waals surface area (Å²) >= 11 is 0. The number of rotatable bonds is 7. The summed E-state index contributed by atoms with van der Waals surface area (Å²) < 4.78 is 10.8. The lowest BCUT2D eigenvalue weighted by Crippen LogP contribution is -2.24. The third kappa shape index (κ3) is 4.84. The molecule has 1 N–H and O–H groups in total. The van der Waals surface area contributed by atoms with Crippen LogP contribution < -0.4 is 14.9 Å². The van der Waals surface area contributed by atoms with Gasteiger partial charge in [0.05, 0.1) is 13.3 Å². The van der Waals surface area contributed by atoms with Gasteiger partial charge >= 0.3 is 0 Å². The molecule has 5 nitrogen and oxygen atoms in total. The number of nitrogens with one attached hydrogen (secondary N) is 1. The topological polar surface area (TPSA) is 59.9 Å². The molecule has 126 valence electrons. The minimum Gasteiger partial charge on any atom is -0.496 e. The highest BCUT2D eigenvalue weighted by molar-refractivity contribution is 5.85. The fraction of sp³-hybridized carbons (Fsp3) is 0.263. The highest BCUT2D eigenvalue weighted by atomic mass is 16.5. The fourth-order valence-corrected chi connectivity index (χ4v) is 2.21. The van der Waals surface area contributed by atoms with Gasteiger partial charge in [0, 0.05) is 5.56 Å². The lowest BCUT2D eigenvalue weighted by atomic mass is 10.0. The number of hydrogen-bond acceptors (Lipinski definition) is 4. The maximum Gasteiger partial charge on any atom is 0.277 e. The molecule has 0 heterocycles. The van der Waals surface area contributed by atoms with E-state index in [2.05, 4.69) is 24.4 Å². The molecule has 24 heavy (non-hydrogen) atoms. The van der Waals surface area contributed by atoms with Gasteiger partial charge in [-0.1, -0.05) is 44.2 Å². The van der Waals surface area contributed by atoms with Crippen molar-refractivity contribution in [3.8, 4) is 11.5 Å². The SMILES string of the molecule is COc1ccccc1C=NNC(=O)COc1ccccc1C(C)C. The zero-order chi connectivity index (χ0) is 17.4. The van der Waals surface area contributed by atoms with Crippen LogP contribution in [0.2, 0.25) is 0 Å². The molecule has 1 amide bonds. The maximum absolute atomic E-state index is 11.9. The predicted molar refractivity (Wildman–Crippen MR) is 94.8 cm³/mol. The van der Waals surface area contributed by atoms with E-state index in [1.54, 1.807) is 13.3 Å². The Kier molecular flexibility index (Phi) is 6.37. The molecule has 0 aromatic heterocycles. The fourth-order valence-electron chi connectivity index (χ4n) is 2.21. The van der Waals surface area contributed by atoms with E-state index in [9.17, 15) is 4.79 Å². The van der Waals surface area contributed by atoms with E-state index in [4.69, 9.17) is 9.47 Å². The monoisotopic (exact) mass is 326 g/mol. The van der Waals surface area contributed by atoms with E-state index in [0.29, 0.717) is 11.7 Å². The quantitative estimate of drug-likeness (QED) is 0.627. The Hall–Kier alpha value is -2.82. The molecule has 0 saturated heterocycles. The summed E-state index contributed by atoms with van der Waals surface area (Å²) in [6.45, 7) is 4.08. The Morgan fingerprint density at radius 3 is 2.50 bits per heavy atom. The van der Waals surface area contributed by atoms with Crippen molar-refractivity contribution >= 4 is 12.1 Å². The minimum atomic E-state index is -0.320. The second-order valence-corrected chi connectivity index (χ2v) is 5.52. The molecule has 2 rings (SSSR count). The summed E-state index contributed by atoms with van der Waals surface area (Å²) in [6.07, 6.45) is 1.54. The number of para-hydroxylation sites is 2. The molecule has 0 saturated carbocycles. The lowest BCUT2D eigenvalue weighted by molar-refractivity contribution is -0.123. The third-order valence-electron chi connectivity index (χ3n) is 3.43. The molecular weight excluding hydrogens is 304 g/mol. The number of hydrazone groups is 1. The second kappa shape index (κ2) is 8.72. The van der Waals surface area contributed by atoms with Crippen LogP contribution in [0.4, 0.5) is 0 Å². The summed E-state index contributed by atoms with van der Waals surface area (Å²) in [5.41, 5.74) is 4.31. The summed E-state index contributed by atoms with van der Waals surface area (Å²) in [5.74, 6) is 1.42. The standard InChI is InChI=1S/C19H22N2O3/c1-14(2)16-9-5-7-11-18(16)24-13-19(22)21-20-12-15-8-4-6-10-17(15)23-3/h4-12,14H,13H2,1-3H3,(H,21,22). The van der Waals surface area contributed by atoms with E-state index < -0.39 is 0 Å². The zero-order valence-electron chi connectivity index (χ0n) is 14.2. The van der Waals surface area contributed by atoms with E-state index >= 15 is 0 Å². The van der Waals surface area contributed by atoms with Crippen molar-refractivity contribution in [3.05, 3.63) is 59.7 Å². The molecule has 5 heteroatoms. The maximum atomic E-state index is 11.9. The zero-order valence-corrected chi connectivity index (χ0v) is 14.2. The van der Waals surface area contributed by atoms with E-state index in [1.807, 2.05) is 48.5 Å². The van der Waals surface area contributed by atoms with E-state index in [-0.39, 0.29) is 12.5 Å². The molecule has 2 aromatic carbocycles. The van der Waals surface area contributed by atoms with Crippen molar-refractivity contribution in [3.63, 3.8) is 0 Å². The molecule has 0 unspecified atom stereocenters. The molecule has 0 aliphatic heterocycles. The first-order valence-corrected chi connectivity index (χ1v) is 7.78. The van der Waals surface area contributed by atoms with Crippen molar-refractivity contribution in [2.24, 2.45) is 5.10 Å². The number of carbonyl (C=O) groups excluding carboxylic acids is 1. The van der Waals surface area contributed by atoms with Crippen molar-refractivity contribution in [1.82, 2.24) is 5.43 Å². The first kappa shape index (κ1) is 17.5. The van der Waals surface area contributed by atoms with Crippen molar-refractivity contribution < 1.29 is 14.3 Å². The van der Waals surface area contributed by atoms with Crippen molar-refractivity contribution in [2.75, 3.05) is 13.7 Å². The molecule has 0 bridgehead atoms. The molecule has 2 aromatic rings. The first-order valence-electron chi connectivity index (χ1n) is 7.78. The highest BCUT2D eigenvalue weighted by Gasteiger charge is 2.08. The van der Waals surface area contributed by atoms with Crippen LogP contribution in [-0.4, -0.2) is 25.8 Å². The van der Waals surface area contributed by atoms with Gasteiger partial charge in [0.15, 0.2) is 6.61 Å². The lowest BCUT2D eigenvalue weighted by Gasteiger charge is -2.13. The van der Waals surface area contributed by atoms with Crippen LogP contribution in [0.3, 0.4) is 0 Å². The average molecular weight is 326 g/mol. The summed E-state index contributed by atoms with van der Waals surface area (Å²) in [5, 5.41) is 3.94. The van der Waals surface area contributed by atoms with Crippen LogP contribution in [0.25, 0.3) is 0 Å². The van der Waals surface area contributed by atoms with Gasteiger partial charge in [-0.3, -0.25) is 4.79 Å². The minimum absolute atomic E-state index is 0.0903. The molecular formula is C19H22N2O3. The molecule has 0 spiro atoms. The summed E-state index contributed by atoms with van der Waals surface area (Å²) in [4.78, 5) is 11.9. The summed E-state index contributed by atoms with van der Waals surface area (Å²) in [7, 11) is 1.59. The van der Waals surface area contributed by atoms with Gasteiger partial charge in [0.25, 0.3) is 5.91 Å². The predicted octanol–water partition coefficient (Wildman–Crippen LogP) is 3.35. The van der Waals surface area contributed by atoms with Gasteiger partial charge < -0.3 is 9.47 Å². The second-order valence-electron chi connectivity index (χ2n) is 5.52. The van der Waals surface area contributed by atoms with Crippen LogP contribution in [0.1, 0.15) is 30.9 Å². The molecule has 0 radical (unpaired) electrons. The van der Waals surface area contributed by atoms with Gasteiger partial charge in [0.2, 0.25) is 0 Å². The smallest absolute Gasteiger partial charge is 0.277 e. The van der Waals surface area contributed by atoms with Crippen molar-refractivity contribution in [2.45, 2.75) is 19.8 Å². The molecule has 0 aliphatic rings. The van der Waals surface area contributed by atoms with Crippen LogP contribution in [0.5, 0.6) is 11.5 Å². The Morgan fingerprint density at radius 2 is 1.79 bits per heavy atom. The summed E-state index contributed by atoms with van der Waals surface area (Å²) in [6, 6.07) is 15.1. The van der Waals surface area contributed by atoms with E-state index in [0.717, 1.165) is 16.9 Å². The Labute approximate surface area is 142 Å². The first-order chi connectivity index (χ1) is 11.6. The Bertz CT molecular complexity index is 711. The highest BCUT2D eigenvalue weighted by Crippen LogP contribution is 2.25. The average Bonchev–Trinajstić information content (AvgIpc) is 2.60. The number of amides is 1. The van der Waals surface area contributed by atoms with Gasteiger partial charge in [0.1, 0.15) is 11.5 Å². The number of hydrogen-bond donors (Lipinski definition) is 1. The largest absolute Gasteiger partial charge is 0.496 e. The number of ether oxygens (including phenoxy) is 2. The van der Waals surface area contributed by atoms with Crippen molar-refractivity contribution in [1.29, 1.82) is 0 Å². The van der Waals surface area contributed by atoms with Gasteiger partial charge in [-0.25, -0.2) is 5.43 Å². The van der Waals surface area contributed by atoms with Crippen LogP contribution in [0.15, 0.2) is 53.6 Å². The number of methoxy groups -OCH3 is 1. The Morgan fingerprint density at radius 1 is 1.12 bits per heavy atom. The normalized spacial score (nSPS) is 10.8. The van der Waals surface area contributed by atoms with Crippen LogP contribution in [0, 0.1) is 0 Å².